The van der Waals surface area contributed by atoms with Crippen LogP contribution in [-0.4, -0.2) is 5.91 Å². The minimum Gasteiger partial charge on any atom is -0.273 e. The van der Waals surface area contributed by atoms with Crippen LogP contribution < -0.4 is 5.32 Å². The van der Waals surface area contributed by atoms with Crippen molar-refractivity contribution in [3.8, 4) is 0 Å². The molecule has 0 aliphatic carbocycles. The molecule has 0 saturated carbocycles. The van der Waals surface area contributed by atoms with Crippen LogP contribution in [0.1, 0.15) is 12.5 Å². The molecule has 0 saturated heterocycles. The highest BCUT2D eigenvalue weighted by Gasteiger charge is 1.95. The second-order valence-corrected chi connectivity index (χ2v) is 2.90. The number of hydrogen-bond donors (Lipinski definition) is 0. The van der Waals surface area contributed by atoms with Gasteiger partial charge in [0.1, 0.15) is 0 Å². The lowest BCUT2D eigenvalue weighted by atomic mass is 10.2. The molecule has 0 aliphatic rings. The van der Waals surface area contributed by atoms with Crippen molar-refractivity contribution in [3.63, 3.8) is 0 Å². The van der Waals surface area contributed by atoms with Gasteiger partial charge in [-0.25, -0.2) is 5.32 Å². The van der Waals surface area contributed by atoms with Crippen molar-refractivity contribution in [1.29, 1.82) is 0 Å². The maximum atomic E-state index is 10.5. The van der Waals surface area contributed by atoms with Gasteiger partial charge < -0.3 is 0 Å². The third kappa shape index (κ3) is 2.93. The highest BCUT2D eigenvalue weighted by molar-refractivity contribution is 6.30. The molecule has 0 heterocycles. The molecule has 0 fully saturated rings. The quantitative estimate of drug-likeness (QED) is 0.688. The molecule has 1 rings (SSSR count). The molecule has 3 heteroatoms. The second kappa shape index (κ2) is 4.12. The van der Waals surface area contributed by atoms with Gasteiger partial charge in [-0.15, -0.1) is 0 Å². The third-order valence-electron chi connectivity index (χ3n) is 1.40. The van der Waals surface area contributed by atoms with Crippen LogP contribution in [0.2, 0.25) is 5.02 Å². The number of nitrogens with zero attached hydrogens (tertiary/aromatic N) is 1. The Morgan fingerprint density at radius 3 is 2.50 bits per heavy atom. The lowest BCUT2D eigenvalue weighted by Crippen LogP contribution is -2.10. The van der Waals surface area contributed by atoms with Crippen molar-refractivity contribution < 1.29 is 4.79 Å². The largest absolute Gasteiger partial charge is 0.273 e. The van der Waals surface area contributed by atoms with Crippen molar-refractivity contribution in [1.82, 2.24) is 5.32 Å². The van der Waals surface area contributed by atoms with Crippen molar-refractivity contribution in [3.05, 3.63) is 34.9 Å². The van der Waals surface area contributed by atoms with Gasteiger partial charge >= 0.3 is 0 Å². The van der Waals surface area contributed by atoms with Gasteiger partial charge in [-0.1, -0.05) is 23.7 Å². The summed E-state index contributed by atoms with van der Waals surface area (Å²) in [4.78, 5) is 10.5. The van der Waals surface area contributed by atoms with E-state index in [4.69, 9.17) is 11.6 Å². The highest BCUT2D eigenvalue weighted by Crippen LogP contribution is 2.09. The number of rotatable bonds is 2. The smallest absolute Gasteiger partial charge is 0.238 e. The van der Waals surface area contributed by atoms with Gasteiger partial charge in [-0.3, -0.25) is 4.79 Å². The van der Waals surface area contributed by atoms with E-state index in [-0.39, 0.29) is 5.91 Å². The summed E-state index contributed by atoms with van der Waals surface area (Å²) in [5.74, 6) is -0.148. The summed E-state index contributed by atoms with van der Waals surface area (Å²) in [6, 6.07) is 7.28. The molecule has 12 heavy (non-hydrogen) atoms. The van der Waals surface area contributed by atoms with E-state index in [1.165, 1.54) is 6.92 Å². The first kappa shape index (κ1) is 9.07. The molecule has 1 aromatic carbocycles. The molecule has 0 spiro atoms. The van der Waals surface area contributed by atoms with Crippen molar-refractivity contribution >= 4 is 17.5 Å². The Labute approximate surface area is 76.5 Å². The molecule has 0 aliphatic heterocycles. The summed E-state index contributed by atoms with van der Waals surface area (Å²) in [5, 5.41) is 4.44. The fourth-order valence-electron chi connectivity index (χ4n) is 0.792. The van der Waals surface area contributed by atoms with Crippen LogP contribution in [0, 0.1) is 0 Å². The predicted molar refractivity (Wildman–Crippen MR) is 48.0 cm³/mol. The fraction of sp³-hybridized carbons (Fsp3) is 0.222. The Morgan fingerprint density at radius 2 is 2.00 bits per heavy atom. The zero-order valence-electron chi connectivity index (χ0n) is 6.75. The van der Waals surface area contributed by atoms with Crippen LogP contribution >= 0.6 is 11.6 Å². The minimum atomic E-state index is -0.148. The first-order chi connectivity index (χ1) is 5.68. The zero-order chi connectivity index (χ0) is 8.97. The number of halogens is 1. The van der Waals surface area contributed by atoms with Crippen LogP contribution in [0.15, 0.2) is 24.3 Å². The van der Waals surface area contributed by atoms with Crippen molar-refractivity contribution in [2.75, 3.05) is 0 Å². The molecule has 1 aromatic rings. The summed E-state index contributed by atoms with van der Waals surface area (Å²) < 4.78 is 0. The Bertz CT molecular complexity index is 268. The van der Waals surface area contributed by atoms with Crippen LogP contribution in [0.5, 0.6) is 0 Å². The lowest BCUT2D eigenvalue weighted by molar-refractivity contribution is -0.119. The lowest BCUT2D eigenvalue weighted by Gasteiger charge is -1.98. The fourth-order valence-corrected chi connectivity index (χ4v) is 0.918. The third-order valence-corrected chi connectivity index (χ3v) is 1.65. The maximum absolute atomic E-state index is 10.5. The Morgan fingerprint density at radius 1 is 1.42 bits per heavy atom. The van der Waals surface area contributed by atoms with E-state index in [9.17, 15) is 4.79 Å². The standard InChI is InChI=1S/C9H9ClNO/c1-7(12)11-6-8-2-4-9(10)5-3-8/h2-5H,6H2,1H3. The van der Waals surface area contributed by atoms with E-state index in [0.29, 0.717) is 11.6 Å². The molecule has 0 unspecified atom stereocenters. The van der Waals surface area contributed by atoms with E-state index < -0.39 is 0 Å². The Balaban J connectivity index is 2.53. The number of carbonyl (C=O) groups excluding carboxylic acids is 1. The van der Waals surface area contributed by atoms with E-state index in [1.807, 2.05) is 12.1 Å². The molecular weight excluding hydrogens is 174 g/mol. The van der Waals surface area contributed by atoms with Gasteiger partial charge in [-0.2, -0.15) is 0 Å². The van der Waals surface area contributed by atoms with Crippen molar-refractivity contribution in [2.24, 2.45) is 0 Å². The molecule has 0 aromatic heterocycles. The topological polar surface area (TPSA) is 31.2 Å². The Hall–Kier alpha value is -1.02. The van der Waals surface area contributed by atoms with Gasteiger partial charge in [0.2, 0.25) is 5.91 Å². The number of amides is 1. The summed E-state index contributed by atoms with van der Waals surface area (Å²) >= 11 is 5.68. The van der Waals surface area contributed by atoms with E-state index in [1.54, 1.807) is 12.1 Å². The normalized spacial score (nSPS) is 9.50. The number of benzene rings is 1. The number of hydrogen-bond acceptors (Lipinski definition) is 1. The summed E-state index contributed by atoms with van der Waals surface area (Å²) in [6.45, 7) is 1.88. The van der Waals surface area contributed by atoms with E-state index in [2.05, 4.69) is 5.32 Å². The van der Waals surface area contributed by atoms with Crippen LogP contribution in [0.25, 0.3) is 0 Å². The van der Waals surface area contributed by atoms with Crippen molar-refractivity contribution in [2.45, 2.75) is 13.5 Å². The first-order valence-electron chi connectivity index (χ1n) is 3.61. The van der Waals surface area contributed by atoms with Crippen LogP contribution in [-0.2, 0) is 11.3 Å². The van der Waals surface area contributed by atoms with Gasteiger partial charge in [0.05, 0.1) is 6.54 Å². The molecule has 0 bridgehead atoms. The van der Waals surface area contributed by atoms with Gasteiger partial charge in [0, 0.05) is 11.9 Å². The molecule has 0 atom stereocenters. The first-order valence-corrected chi connectivity index (χ1v) is 3.99. The SMILES string of the molecule is CC(=O)[N]Cc1ccc(Cl)cc1. The van der Waals surface area contributed by atoms with Gasteiger partial charge in [0.15, 0.2) is 0 Å². The van der Waals surface area contributed by atoms with E-state index in [0.717, 1.165) is 5.56 Å². The average molecular weight is 183 g/mol. The molecule has 0 N–H and O–H groups in total. The van der Waals surface area contributed by atoms with Gasteiger partial charge in [0.25, 0.3) is 0 Å². The predicted octanol–water partition coefficient (Wildman–Crippen LogP) is 1.99. The summed E-state index contributed by atoms with van der Waals surface area (Å²) in [6.07, 6.45) is 0. The molecular formula is C9H9ClNO. The van der Waals surface area contributed by atoms with Crippen LogP contribution in [0.4, 0.5) is 0 Å². The molecule has 1 radical (unpaired) electrons. The second-order valence-electron chi connectivity index (χ2n) is 2.46. The minimum absolute atomic E-state index is 0.148. The molecule has 1 amide bonds. The van der Waals surface area contributed by atoms with Gasteiger partial charge in [-0.05, 0) is 17.7 Å². The molecule has 2 nitrogen and oxygen atoms in total. The summed E-state index contributed by atoms with van der Waals surface area (Å²) in [7, 11) is 0. The molecule has 63 valence electrons. The average Bonchev–Trinajstić information content (AvgIpc) is 2.03. The highest BCUT2D eigenvalue weighted by atomic mass is 35.5. The maximum Gasteiger partial charge on any atom is 0.238 e. The Kier molecular flexibility index (Phi) is 3.11. The zero-order valence-corrected chi connectivity index (χ0v) is 7.51. The van der Waals surface area contributed by atoms with E-state index >= 15 is 0 Å². The monoisotopic (exact) mass is 182 g/mol. The summed E-state index contributed by atoms with van der Waals surface area (Å²) in [5.41, 5.74) is 0.995. The van der Waals surface area contributed by atoms with Crippen LogP contribution in [0.3, 0.4) is 0 Å². The number of carbonyl (C=O) groups is 1.